The van der Waals surface area contributed by atoms with E-state index in [0.717, 1.165) is 12.2 Å². The van der Waals surface area contributed by atoms with Crippen LogP contribution in [0, 0.1) is 0 Å². The smallest absolute Gasteiger partial charge is 0.332 e. The molecule has 0 bridgehead atoms. The first-order chi connectivity index (χ1) is 9.59. The van der Waals surface area contributed by atoms with Gasteiger partial charge in [-0.3, -0.25) is 4.79 Å². The van der Waals surface area contributed by atoms with E-state index in [2.05, 4.69) is 5.32 Å². The van der Waals surface area contributed by atoms with Crippen molar-refractivity contribution in [2.45, 2.75) is 30.3 Å². The monoisotopic (exact) mass is 297 g/mol. The molecule has 0 heterocycles. The van der Waals surface area contributed by atoms with Crippen LogP contribution in [0.15, 0.2) is 35.2 Å². The Hall–Kier alpha value is -1.53. The third kappa shape index (κ3) is 7.16. The molecule has 0 radical (unpaired) electrons. The Balaban J connectivity index is 2.04. The minimum absolute atomic E-state index is 0.0276. The van der Waals surface area contributed by atoms with Crippen LogP contribution in [0.25, 0.3) is 0 Å². The number of thioether (sulfide) groups is 1. The maximum Gasteiger partial charge on any atom is 0.332 e. The molecule has 0 aliphatic rings. The van der Waals surface area contributed by atoms with E-state index >= 15 is 0 Å². The van der Waals surface area contributed by atoms with Gasteiger partial charge >= 0.3 is 5.97 Å². The molecule has 3 N–H and O–H groups in total. The van der Waals surface area contributed by atoms with E-state index in [-0.39, 0.29) is 18.9 Å². The number of rotatable bonds is 9. The number of carbonyl (C=O) groups excluding carboxylic acids is 1. The number of carbonyl (C=O) groups is 2. The number of hydrogen-bond donors (Lipinski definition) is 3. The molecule has 0 fully saturated rings. The fourth-order valence-corrected chi connectivity index (χ4v) is 2.37. The molecule has 0 spiro atoms. The Morgan fingerprint density at radius 1 is 1.25 bits per heavy atom. The van der Waals surface area contributed by atoms with Gasteiger partial charge in [-0.05, 0) is 24.3 Å². The molecule has 1 amide bonds. The molecule has 6 heteroatoms. The molecular weight excluding hydrogens is 278 g/mol. The van der Waals surface area contributed by atoms with Gasteiger partial charge in [0, 0.05) is 24.3 Å². The summed E-state index contributed by atoms with van der Waals surface area (Å²) in [5.41, 5.74) is 0. The van der Waals surface area contributed by atoms with Crippen molar-refractivity contribution >= 4 is 23.6 Å². The lowest BCUT2D eigenvalue weighted by Crippen LogP contribution is -2.29. The molecule has 20 heavy (non-hydrogen) atoms. The summed E-state index contributed by atoms with van der Waals surface area (Å²) in [4.78, 5) is 23.0. The Labute approximate surface area is 122 Å². The number of hydrogen-bond acceptors (Lipinski definition) is 4. The second kappa shape index (κ2) is 9.39. The number of amides is 1. The van der Waals surface area contributed by atoms with E-state index in [4.69, 9.17) is 10.2 Å². The van der Waals surface area contributed by atoms with Gasteiger partial charge in [0.15, 0.2) is 6.10 Å². The number of aliphatic hydroxyl groups excluding tert-OH is 1. The Morgan fingerprint density at radius 3 is 2.60 bits per heavy atom. The van der Waals surface area contributed by atoms with E-state index in [1.54, 1.807) is 11.8 Å². The Kier molecular flexibility index (Phi) is 7.75. The first kappa shape index (κ1) is 16.5. The Bertz CT molecular complexity index is 424. The van der Waals surface area contributed by atoms with Gasteiger partial charge in [-0.2, -0.15) is 0 Å². The van der Waals surface area contributed by atoms with E-state index in [1.165, 1.54) is 4.90 Å². The second-order valence-corrected chi connectivity index (χ2v) is 5.43. The van der Waals surface area contributed by atoms with Gasteiger partial charge in [0.2, 0.25) is 5.91 Å². The normalized spacial score (nSPS) is 11.8. The molecule has 0 unspecified atom stereocenters. The van der Waals surface area contributed by atoms with Crippen molar-refractivity contribution in [2.24, 2.45) is 0 Å². The fraction of sp³-hybridized carbons (Fsp3) is 0.429. The summed E-state index contributed by atoms with van der Waals surface area (Å²) in [6.07, 6.45) is -0.223. The van der Waals surface area contributed by atoms with Crippen molar-refractivity contribution in [1.82, 2.24) is 5.32 Å². The Morgan fingerprint density at radius 2 is 1.95 bits per heavy atom. The third-order valence-corrected chi connectivity index (χ3v) is 3.68. The second-order valence-electron chi connectivity index (χ2n) is 4.26. The summed E-state index contributed by atoms with van der Waals surface area (Å²) in [6, 6.07) is 9.96. The lowest BCUT2D eigenvalue weighted by atomic mass is 10.2. The molecule has 0 aliphatic carbocycles. The molecule has 1 aromatic rings. The largest absolute Gasteiger partial charge is 0.479 e. The first-order valence-electron chi connectivity index (χ1n) is 6.45. The average Bonchev–Trinajstić information content (AvgIpc) is 2.44. The van der Waals surface area contributed by atoms with Crippen LogP contribution in [-0.2, 0) is 9.59 Å². The quantitative estimate of drug-likeness (QED) is 0.475. The summed E-state index contributed by atoms with van der Waals surface area (Å²) in [5, 5.41) is 20.1. The van der Waals surface area contributed by atoms with Crippen LogP contribution in [0.2, 0.25) is 0 Å². The maximum atomic E-state index is 11.5. The lowest BCUT2D eigenvalue weighted by Gasteiger charge is -2.07. The summed E-state index contributed by atoms with van der Waals surface area (Å²) >= 11 is 1.70. The van der Waals surface area contributed by atoms with E-state index in [1.807, 2.05) is 30.3 Å². The predicted molar refractivity (Wildman–Crippen MR) is 77.7 cm³/mol. The zero-order valence-electron chi connectivity index (χ0n) is 11.1. The molecule has 1 rings (SSSR count). The van der Waals surface area contributed by atoms with Crippen molar-refractivity contribution in [3.05, 3.63) is 30.3 Å². The average molecular weight is 297 g/mol. The van der Waals surface area contributed by atoms with Gasteiger partial charge in [0.05, 0.1) is 0 Å². The summed E-state index contributed by atoms with van der Waals surface area (Å²) in [6.45, 7) is 0.179. The highest BCUT2D eigenvalue weighted by molar-refractivity contribution is 7.99. The number of aliphatic hydroxyl groups is 1. The van der Waals surface area contributed by atoms with Crippen LogP contribution in [-0.4, -0.2) is 40.5 Å². The highest BCUT2D eigenvalue weighted by Crippen LogP contribution is 2.18. The summed E-state index contributed by atoms with van der Waals surface area (Å²) < 4.78 is 0. The minimum atomic E-state index is -1.41. The van der Waals surface area contributed by atoms with Crippen LogP contribution in [0.4, 0.5) is 0 Å². The van der Waals surface area contributed by atoms with E-state index in [0.29, 0.717) is 6.42 Å². The topological polar surface area (TPSA) is 86.6 Å². The van der Waals surface area contributed by atoms with Crippen molar-refractivity contribution < 1.29 is 19.8 Å². The van der Waals surface area contributed by atoms with Crippen molar-refractivity contribution in [3.63, 3.8) is 0 Å². The highest BCUT2D eigenvalue weighted by atomic mass is 32.2. The highest BCUT2D eigenvalue weighted by Gasteiger charge is 2.12. The molecule has 1 aromatic carbocycles. The molecule has 5 nitrogen and oxygen atoms in total. The summed E-state index contributed by atoms with van der Waals surface area (Å²) in [7, 11) is 0. The van der Waals surface area contributed by atoms with Crippen molar-refractivity contribution in [1.29, 1.82) is 0 Å². The fourth-order valence-electron chi connectivity index (χ4n) is 1.50. The van der Waals surface area contributed by atoms with Crippen LogP contribution >= 0.6 is 11.8 Å². The molecular formula is C14H19NO4S. The van der Waals surface area contributed by atoms with Crippen LogP contribution in [0.5, 0.6) is 0 Å². The zero-order valence-corrected chi connectivity index (χ0v) is 11.9. The maximum absolute atomic E-state index is 11.5. The van der Waals surface area contributed by atoms with Crippen molar-refractivity contribution in [3.8, 4) is 0 Å². The van der Waals surface area contributed by atoms with Gasteiger partial charge in [0.1, 0.15) is 0 Å². The molecule has 0 saturated carbocycles. The van der Waals surface area contributed by atoms with Gasteiger partial charge in [-0.1, -0.05) is 18.2 Å². The standard InChI is InChI=1S/C14H19NO4S/c16-12(14(18)19)8-9-15-13(17)7-4-10-20-11-5-2-1-3-6-11/h1-3,5-6,12,16H,4,7-10H2,(H,15,17)(H,18,19)/t12-/m0/s1. The van der Waals surface area contributed by atoms with Crippen LogP contribution in [0.3, 0.4) is 0 Å². The SMILES string of the molecule is O=C(CCCSc1ccccc1)NCC[C@H](O)C(=O)O. The van der Waals surface area contributed by atoms with Crippen molar-refractivity contribution in [2.75, 3.05) is 12.3 Å². The predicted octanol–water partition coefficient (Wildman–Crippen LogP) is 1.51. The number of nitrogens with one attached hydrogen (secondary N) is 1. The molecule has 0 aliphatic heterocycles. The van der Waals surface area contributed by atoms with E-state index in [9.17, 15) is 9.59 Å². The van der Waals surface area contributed by atoms with Crippen LogP contribution in [0.1, 0.15) is 19.3 Å². The molecule has 0 aromatic heterocycles. The lowest BCUT2D eigenvalue weighted by molar-refractivity contribution is -0.147. The number of carboxylic acid groups (broad SMARTS) is 1. The van der Waals surface area contributed by atoms with Gasteiger partial charge in [-0.25, -0.2) is 4.79 Å². The first-order valence-corrected chi connectivity index (χ1v) is 7.43. The number of benzene rings is 1. The van der Waals surface area contributed by atoms with Gasteiger partial charge in [0.25, 0.3) is 0 Å². The molecule has 0 saturated heterocycles. The third-order valence-electron chi connectivity index (χ3n) is 2.59. The van der Waals surface area contributed by atoms with Gasteiger partial charge < -0.3 is 15.5 Å². The van der Waals surface area contributed by atoms with Gasteiger partial charge in [-0.15, -0.1) is 11.8 Å². The zero-order chi connectivity index (χ0) is 14.8. The molecule has 1 atom stereocenters. The number of carboxylic acids is 1. The van der Waals surface area contributed by atoms with Crippen LogP contribution < -0.4 is 5.32 Å². The number of aliphatic carboxylic acids is 1. The minimum Gasteiger partial charge on any atom is -0.479 e. The summed E-state index contributed by atoms with van der Waals surface area (Å²) in [5.74, 6) is -0.524. The molecule has 110 valence electrons. The van der Waals surface area contributed by atoms with E-state index < -0.39 is 12.1 Å².